The number of carboxylic acid groups (broad SMARTS) is 1. The lowest BCUT2D eigenvalue weighted by atomic mass is 9.96. The van der Waals surface area contributed by atoms with Crippen molar-refractivity contribution in [3.8, 4) is 0 Å². The number of hydrogen-bond acceptors (Lipinski definition) is 5. The molecule has 0 bridgehead atoms. The van der Waals surface area contributed by atoms with Crippen molar-refractivity contribution in [1.82, 2.24) is 4.90 Å². The highest BCUT2D eigenvalue weighted by Gasteiger charge is 2.30. The van der Waals surface area contributed by atoms with Crippen LogP contribution in [0.1, 0.15) is 24.0 Å². The zero-order chi connectivity index (χ0) is 24.9. The van der Waals surface area contributed by atoms with Crippen molar-refractivity contribution in [2.24, 2.45) is 5.92 Å². The molecule has 2 atom stereocenters. The number of likely N-dealkylation sites (tertiary alicyclic amines) is 1. The van der Waals surface area contributed by atoms with E-state index >= 15 is 0 Å². The molecule has 2 aliphatic heterocycles. The molecule has 2 aromatic carbocycles. The Bertz CT molecular complexity index is 1090. The number of carbonyl (C=O) groups is 2. The Morgan fingerprint density at radius 3 is 2.46 bits per heavy atom. The van der Waals surface area contributed by atoms with Gasteiger partial charge in [-0.05, 0) is 24.5 Å². The van der Waals surface area contributed by atoms with E-state index in [9.17, 15) is 9.59 Å². The maximum absolute atomic E-state index is 13.0. The van der Waals surface area contributed by atoms with E-state index in [4.69, 9.17) is 37.8 Å². The summed E-state index contributed by atoms with van der Waals surface area (Å²) in [6.45, 7) is 5.66. The third-order valence-electron chi connectivity index (χ3n) is 6.23. The summed E-state index contributed by atoms with van der Waals surface area (Å²) in [5, 5.41) is 9.76. The lowest BCUT2D eigenvalue weighted by Gasteiger charge is -2.31. The van der Waals surface area contributed by atoms with Gasteiger partial charge in [-0.2, -0.15) is 0 Å². The molecule has 1 N–H and O–H groups in total. The number of piperidine rings is 1. The van der Waals surface area contributed by atoms with Gasteiger partial charge in [0.2, 0.25) is 0 Å². The fourth-order valence-corrected chi connectivity index (χ4v) is 5.91. The minimum atomic E-state index is -0.822. The minimum absolute atomic E-state index is 0.0557. The Kier molecular flexibility index (Phi) is 8.78. The maximum Gasteiger partial charge on any atom is 0.306 e. The molecule has 0 aliphatic carbocycles. The second-order valence-electron chi connectivity index (χ2n) is 8.66. The monoisotopic (exact) mass is 535 g/mol. The number of rotatable bonds is 7. The number of carbonyl (C=O) groups excluding carboxylic acids is 1. The molecule has 6 nitrogen and oxygen atoms in total. The van der Waals surface area contributed by atoms with Crippen LogP contribution in [0.15, 0.2) is 53.9 Å². The van der Waals surface area contributed by atoms with Crippen LogP contribution < -0.4 is 0 Å². The van der Waals surface area contributed by atoms with Gasteiger partial charge in [-0.15, -0.1) is 0 Å². The van der Waals surface area contributed by atoms with Gasteiger partial charge < -0.3 is 19.5 Å². The first kappa shape index (κ1) is 26.0. The van der Waals surface area contributed by atoms with Crippen LogP contribution in [0.5, 0.6) is 0 Å². The number of benzene rings is 2. The first-order valence-corrected chi connectivity index (χ1v) is 13.1. The van der Waals surface area contributed by atoms with Crippen LogP contribution >= 0.6 is 35.0 Å². The topological polar surface area (TPSA) is 76.1 Å². The number of amides is 1. The van der Waals surface area contributed by atoms with Gasteiger partial charge in [0, 0.05) is 35.5 Å². The number of ether oxygens (including phenoxy) is 2. The summed E-state index contributed by atoms with van der Waals surface area (Å²) in [5.74, 6) is -1.50. The van der Waals surface area contributed by atoms with Crippen molar-refractivity contribution in [2.45, 2.75) is 35.7 Å². The van der Waals surface area contributed by atoms with Crippen LogP contribution in [0, 0.1) is 5.92 Å². The van der Waals surface area contributed by atoms with Crippen molar-refractivity contribution in [2.75, 3.05) is 26.3 Å². The van der Waals surface area contributed by atoms with Gasteiger partial charge in [0.05, 0.1) is 35.3 Å². The lowest BCUT2D eigenvalue weighted by molar-refractivity contribution is -0.144. The summed E-state index contributed by atoms with van der Waals surface area (Å²) in [5.41, 5.74) is 1.65. The summed E-state index contributed by atoms with van der Waals surface area (Å²) < 4.78 is 12.0. The average molecular weight is 536 g/mol. The molecule has 2 aliphatic rings. The summed E-state index contributed by atoms with van der Waals surface area (Å²) in [6, 6.07) is 13.7. The molecule has 0 saturated carbocycles. The van der Waals surface area contributed by atoms with E-state index in [-0.39, 0.29) is 28.0 Å². The van der Waals surface area contributed by atoms with Crippen LogP contribution in [-0.4, -0.2) is 59.7 Å². The van der Waals surface area contributed by atoms with Gasteiger partial charge in [0.1, 0.15) is 5.44 Å². The molecule has 2 heterocycles. The molecule has 2 saturated heterocycles. The standard InChI is InChI=1S/C26H27Cl2NO5S/c1-16(25(30)29-11-9-18(10-12-29)26(31)32)20-7-8-21(24(28)23(20)27)35-22-15-33-14-19(34-22)13-17-5-3-2-4-6-17/h2-8,18-19,22H,1,9-15H2,(H,31,32). The molecule has 9 heteroatoms. The highest BCUT2D eigenvalue weighted by molar-refractivity contribution is 8.00. The number of nitrogens with zero attached hydrogens (tertiary/aromatic N) is 1. The average Bonchev–Trinajstić information content (AvgIpc) is 2.87. The van der Waals surface area contributed by atoms with Gasteiger partial charge in [-0.3, -0.25) is 9.59 Å². The first-order valence-electron chi connectivity index (χ1n) is 11.5. The molecule has 4 rings (SSSR count). The van der Waals surface area contributed by atoms with Crippen LogP contribution in [0.2, 0.25) is 10.0 Å². The predicted octanol–water partition coefficient (Wildman–Crippen LogP) is 5.41. The van der Waals surface area contributed by atoms with Gasteiger partial charge in [-0.25, -0.2) is 0 Å². The van der Waals surface area contributed by atoms with Crippen molar-refractivity contribution in [3.63, 3.8) is 0 Å². The Balaban J connectivity index is 1.39. The normalized spacial score (nSPS) is 21.0. The van der Waals surface area contributed by atoms with E-state index in [0.717, 1.165) is 11.3 Å². The molecule has 2 unspecified atom stereocenters. The lowest BCUT2D eigenvalue weighted by Crippen LogP contribution is -2.40. The number of hydrogen-bond donors (Lipinski definition) is 1. The summed E-state index contributed by atoms with van der Waals surface area (Å²) in [4.78, 5) is 26.5. The van der Waals surface area contributed by atoms with Gasteiger partial charge in [0.25, 0.3) is 5.91 Å². The number of thioether (sulfide) groups is 1. The fourth-order valence-electron chi connectivity index (χ4n) is 4.27. The second kappa shape index (κ2) is 11.8. The van der Waals surface area contributed by atoms with Gasteiger partial charge in [-0.1, -0.05) is 77.9 Å². The maximum atomic E-state index is 13.0. The SMILES string of the molecule is C=C(C(=O)N1CCC(C(=O)O)CC1)c1ccc(SC2COCC(Cc3ccccc3)O2)c(Cl)c1Cl. The van der Waals surface area contributed by atoms with E-state index < -0.39 is 11.9 Å². The molecule has 186 valence electrons. The Labute approximate surface area is 219 Å². The summed E-state index contributed by atoms with van der Waals surface area (Å²) >= 11 is 14.6. The molecular weight excluding hydrogens is 509 g/mol. The molecule has 35 heavy (non-hydrogen) atoms. The van der Waals surface area contributed by atoms with Crippen LogP contribution in [0.25, 0.3) is 5.57 Å². The van der Waals surface area contributed by atoms with Gasteiger partial charge >= 0.3 is 5.97 Å². The van der Waals surface area contributed by atoms with Crippen molar-refractivity contribution < 1.29 is 24.2 Å². The largest absolute Gasteiger partial charge is 0.481 e. The summed E-state index contributed by atoms with van der Waals surface area (Å²) in [6.07, 6.45) is 1.55. The number of carboxylic acids is 1. The van der Waals surface area contributed by atoms with Gasteiger partial charge in [0.15, 0.2) is 0 Å². The third-order valence-corrected chi connectivity index (χ3v) is 8.33. The van der Waals surface area contributed by atoms with E-state index in [1.54, 1.807) is 11.0 Å². The molecule has 0 radical (unpaired) electrons. The van der Waals surface area contributed by atoms with E-state index in [1.165, 1.54) is 17.3 Å². The Morgan fingerprint density at radius 2 is 1.77 bits per heavy atom. The smallest absolute Gasteiger partial charge is 0.306 e. The molecular formula is C26H27Cl2NO5S. The van der Waals surface area contributed by atoms with Crippen molar-refractivity contribution in [1.29, 1.82) is 0 Å². The fraction of sp³-hybridized carbons (Fsp3) is 0.385. The summed E-state index contributed by atoms with van der Waals surface area (Å²) in [7, 11) is 0. The molecule has 0 aromatic heterocycles. The molecule has 1 amide bonds. The predicted molar refractivity (Wildman–Crippen MR) is 138 cm³/mol. The highest BCUT2D eigenvalue weighted by Crippen LogP contribution is 2.40. The number of halogens is 2. The van der Waals surface area contributed by atoms with E-state index in [2.05, 4.69) is 18.7 Å². The Hall–Kier alpha value is -2.03. The third kappa shape index (κ3) is 6.40. The first-order chi connectivity index (χ1) is 16.8. The van der Waals surface area contributed by atoms with Crippen LogP contribution in [0.4, 0.5) is 0 Å². The highest BCUT2D eigenvalue weighted by atomic mass is 35.5. The van der Waals surface area contributed by atoms with Crippen LogP contribution in [0.3, 0.4) is 0 Å². The zero-order valence-electron chi connectivity index (χ0n) is 19.1. The minimum Gasteiger partial charge on any atom is -0.481 e. The van der Waals surface area contributed by atoms with Crippen molar-refractivity contribution in [3.05, 3.63) is 70.2 Å². The Morgan fingerprint density at radius 1 is 1.06 bits per heavy atom. The van der Waals surface area contributed by atoms with E-state index in [0.29, 0.717) is 49.7 Å². The molecule has 0 spiro atoms. The van der Waals surface area contributed by atoms with E-state index in [1.807, 2.05) is 24.3 Å². The van der Waals surface area contributed by atoms with Crippen molar-refractivity contribution >= 4 is 52.4 Å². The quantitative estimate of drug-likeness (QED) is 0.478. The number of aliphatic carboxylic acids is 1. The molecule has 2 aromatic rings. The zero-order valence-corrected chi connectivity index (χ0v) is 21.5. The molecule has 2 fully saturated rings. The second-order valence-corrected chi connectivity index (χ2v) is 10.6. The van der Waals surface area contributed by atoms with Crippen LogP contribution in [-0.2, 0) is 25.5 Å².